The van der Waals surface area contributed by atoms with Crippen molar-refractivity contribution in [3.05, 3.63) is 6.07 Å². The van der Waals surface area contributed by atoms with E-state index in [2.05, 4.69) is 37.8 Å². The van der Waals surface area contributed by atoms with Crippen molar-refractivity contribution in [2.45, 2.75) is 31.5 Å². The number of hydrogen-bond acceptors (Lipinski definition) is 8. The van der Waals surface area contributed by atoms with E-state index in [1.165, 1.54) is 0 Å². The molecule has 8 heteroatoms. The van der Waals surface area contributed by atoms with Gasteiger partial charge in [0.25, 0.3) is 0 Å². The number of methoxy groups -OCH3 is 1. The van der Waals surface area contributed by atoms with Gasteiger partial charge in [-0.1, -0.05) is 0 Å². The van der Waals surface area contributed by atoms with Crippen LogP contribution in [0.2, 0.25) is 0 Å². The molecule has 1 saturated carbocycles. The number of nitrogens with zero attached hydrogens (tertiary/aromatic N) is 5. The van der Waals surface area contributed by atoms with E-state index in [9.17, 15) is 5.11 Å². The van der Waals surface area contributed by atoms with Crippen molar-refractivity contribution in [3.63, 3.8) is 0 Å². The van der Waals surface area contributed by atoms with Crippen molar-refractivity contribution in [1.82, 2.24) is 14.9 Å². The highest BCUT2D eigenvalue weighted by Gasteiger charge is 2.55. The molecule has 0 bridgehead atoms. The number of aliphatic hydroxyl groups is 1. The van der Waals surface area contributed by atoms with E-state index in [1.54, 1.807) is 7.11 Å². The molecule has 3 N–H and O–H groups in total. The van der Waals surface area contributed by atoms with Crippen molar-refractivity contribution < 1.29 is 9.84 Å². The molecule has 3 fully saturated rings. The number of anilines is 3. The van der Waals surface area contributed by atoms with Gasteiger partial charge in [0.05, 0.1) is 12.2 Å². The van der Waals surface area contributed by atoms with Crippen LogP contribution < -0.4 is 15.5 Å². The molecule has 2 saturated heterocycles. The predicted molar refractivity (Wildman–Crippen MR) is 101 cm³/mol. The van der Waals surface area contributed by atoms with Crippen LogP contribution in [0.4, 0.5) is 17.6 Å². The Hall–Kier alpha value is -1.64. The topological polar surface area (TPSA) is 91.0 Å². The van der Waals surface area contributed by atoms with Crippen LogP contribution in [0.15, 0.2) is 6.07 Å². The van der Waals surface area contributed by atoms with Crippen molar-refractivity contribution in [1.29, 1.82) is 0 Å². The van der Waals surface area contributed by atoms with Crippen LogP contribution in [0.25, 0.3) is 0 Å². The van der Waals surface area contributed by atoms with Gasteiger partial charge in [-0.25, -0.2) is 0 Å². The quantitative estimate of drug-likeness (QED) is 0.787. The van der Waals surface area contributed by atoms with E-state index >= 15 is 0 Å². The van der Waals surface area contributed by atoms with Crippen molar-refractivity contribution in [3.8, 4) is 0 Å². The largest absolute Gasteiger partial charge is 0.392 e. The summed E-state index contributed by atoms with van der Waals surface area (Å²) < 4.78 is 5.58. The van der Waals surface area contributed by atoms with E-state index in [0.717, 1.165) is 70.2 Å². The lowest BCUT2D eigenvalue weighted by Crippen LogP contribution is -2.62. The summed E-state index contributed by atoms with van der Waals surface area (Å²) in [6.07, 6.45) is 2.52. The first-order valence-corrected chi connectivity index (χ1v) is 9.56. The second-order valence-electron chi connectivity index (χ2n) is 7.93. The Morgan fingerprint density at radius 2 is 1.65 bits per heavy atom. The third-order valence-corrected chi connectivity index (χ3v) is 6.59. The number of aromatic nitrogens is 2. The van der Waals surface area contributed by atoms with Crippen molar-refractivity contribution in [2.24, 2.45) is 5.41 Å². The standard InChI is InChI=1S/C18H30N6O2/c1-22-7-9-24(10-8-22)16-12-15(20-17(19)21-16)23-5-3-18(4-6-23)13(25)11-14(18)26-2/h12-14,25H,3-11H2,1-2H3,(H2,19,20,21)/t13-,14+/m0/s1. The number of hydrogen-bond donors (Lipinski definition) is 2. The average Bonchev–Trinajstić information content (AvgIpc) is 2.66. The van der Waals surface area contributed by atoms with Crippen LogP contribution in [0.5, 0.6) is 0 Å². The highest BCUT2D eigenvalue weighted by atomic mass is 16.5. The minimum Gasteiger partial charge on any atom is -0.392 e. The summed E-state index contributed by atoms with van der Waals surface area (Å²) in [5.41, 5.74) is 5.93. The zero-order valence-electron chi connectivity index (χ0n) is 15.8. The molecule has 0 aromatic carbocycles. The number of aliphatic hydroxyl groups excluding tert-OH is 1. The van der Waals surface area contributed by atoms with Gasteiger partial charge in [0.2, 0.25) is 5.95 Å². The second-order valence-corrected chi connectivity index (χ2v) is 7.93. The van der Waals surface area contributed by atoms with Gasteiger partial charge in [0.15, 0.2) is 0 Å². The number of piperazine rings is 1. The molecule has 3 heterocycles. The first kappa shape index (κ1) is 17.8. The van der Waals surface area contributed by atoms with E-state index in [-0.39, 0.29) is 17.6 Å². The first-order valence-electron chi connectivity index (χ1n) is 9.56. The third kappa shape index (κ3) is 3.00. The minimum atomic E-state index is -0.244. The van der Waals surface area contributed by atoms with E-state index in [4.69, 9.17) is 10.5 Å². The summed E-state index contributed by atoms with van der Waals surface area (Å²) in [7, 11) is 3.89. The van der Waals surface area contributed by atoms with E-state index in [0.29, 0.717) is 5.95 Å². The molecule has 1 spiro atoms. The molecule has 1 aromatic rings. The van der Waals surface area contributed by atoms with Crippen LogP contribution in [0.1, 0.15) is 19.3 Å². The maximum Gasteiger partial charge on any atom is 0.223 e. The molecular formula is C18H30N6O2. The highest BCUT2D eigenvalue weighted by molar-refractivity contribution is 5.54. The maximum absolute atomic E-state index is 10.3. The first-order chi connectivity index (χ1) is 12.5. The molecule has 3 aliphatic rings. The summed E-state index contributed by atoms with van der Waals surface area (Å²) in [6, 6.07) is 2.06. The Morgan fingerprint density at radius 1 is 1.08 bits per heavy atom. The van der Waals surface area contributed by atoms with Gasteiger partial charge in [-0.15, -0.1) is 0 Å². The minimum absolute atomic E-state index is 0.0793. The van der Waals surface area contributed by atoms with Gasteiger partial charge in [-0.3, -0.25) is 0 Å². The van der Waals surface area contributed by atoms with E-state index < -0.39 is 0 Å². The van der Waals surface area contributed by atoms with Gasteiger partial charge >= 0.3 is 0 Å². The lowest BCUT2D eigenvalue weighted by Gasteiger charge is -2.56. The van der Waals surface area contributed by atoms with Crippen LogP contribution >= 0.6 is 0 Å². The molecule has 4 rings (SSSR count). The fraction of sp³-hybridized carbons (Fsp3) is 0.778. The number of piperidine rings is 1. The lowest BCUT2D eigenvalue weighted by atomic mass is 9.58. The van der Waals surface area contributed by atoms with Crippen molar-refractivity contribution >= 4 is 17.6 Å². The van der Waals surface area contributed by atoms with Crippen molar-refractivity contribution in [2.75, 3.05) is 69.0 Å². The smallest absolute Gasteiger partial charge is 0.223 e. The number of nitrogens with two attached hydrogens (primary N) is 1. The van der Waals surface area contributed by atoms with Gasteiger partial charge in [-0.05, 0) is 19.9 Å². The summed E-state index contributed by atoms with van der Waals surface area (Å²) in [5, 5.41) is 10.3. The summed E-state index contributed by atoms with van der Waals surface area (Å²) >= 11 is 0. The number of ether oxygens (including phenoxy) is 1. The molecule has 8 nitrogen and oxygen atoms in total. The Kier molecular flexibility index (Phi) is 4.66. The maximum atomic E-state index is 10.3. The van der Waals surface area contributed by atoms with Crippen LogP contribution in [0, 0.1) is 5.41 Å². The van der Waals surface area contributed by atoms with Gasteiger partial charge in [0.1, 0.15) is 11.6 Å². The number of likely N-dealkylation sites (N-methyl/N-ethyl adjacent to an activating group) is 1. The molecule has 0 amide bonds. The SMILES string of the molecule is CO[C@@H]1C[C@H](O)C12CCN(c1cc(N3CCN(C)CC3)nc(N)n1)CC2. The molecular weight excluding hydrogens is 332 g/mol. The fourth-order valence-electron chi connectivity index (χ4n) is 4.66. The monoisotopic (exact) mass is 362 g/mol. The summed E-state index contributed by atoms with van der Waals surface area (Å²) in [6.45, 7) is 5.68. The molecule has 0 unspecified atom stereocenters. The van der Waals surface area contributed by atoms with Crippen LogP contribution in [-0.2, 0) is 4.74 Å². The Morgan fingerprint density at radius 3 is 2.19 bits per heavy atom. The Labute approximate surface area is 154 Å². The molecule has 0 radical (unpaired) electrons. The average molecular weight is 362 g/mol. The highest BCUT2D eigenvalue weighted by Crippen LogP contribution is 2.51. The predicted octanol–water partition coefficient (Wildman–Crippen LogP) is 0.177. The molecule has 1 aliphatic carbocycles. The molecule has 2 atom stereocenters. The fourth-order valence-corrected chi connectivity index (χ4v) is 4.66. The van der Waals surface area contributed by atoms with Gasteiger partial charge < -0.3 is 30.3 Å². The zero-order chi connectivity index (χ0) is 18.3. The van der Waals surface area contributed by atoms with Crippen LogP contribution in [-0.4, -0.2) is 85.6 Å². The Bertz CT molecular complexity index is 641. The molecule has 26 heavy (non-hydrogen) atoms. The molecule has 2 aliphatic heterocycles. The van der Waals surface area contributed by atoms with Crippen LogP contribution in [0.3, 0.4) is 0 Å². The number of nitrogen functional groups attached to an aromatic ring is 1. The summed E-state index contributed by atoms with van der Waals surface area (Å²) in [5.74, 6) is 2.14. The van der Waals surface area contributed by atoms with Gasteiger partial charge in [-0.2, -0.15) is 9.97 Å². The van der Waals surface area contributed by atoms with Gasteiger partial charge in [0, 0.05) is 64.3 Å². The number of rotatable bonds is 3. The third-order valence-electron chi connectivity index (χ3n) is 6.59. The Balaban J connectivity index is 1.47. The summed E-state index contributed by atoms with van der Waals surface area (Å²) in [4.78, 5) is 15.8. The zero-order valence-corrected chi connectivity index (χ0v) is 15.8. The molecule has 144 valence electrons. The lowest BCUT2D eigenvalue weighted by molar-refractivity contribution is -0.190. The second kappa shape index (κ2) is 6.83. The van der Waals surface area contributed by atoms with E-state index in [1.807, 2.05) is 0 Å². The normalized spacial score (nSPS) is 29.0. The molecule has 1 aromatic heterocycles.